The zero-order valence-corrected chi connectivity index (χ0v) is 23.9. The number of hydrogen-bond acceptors (Lipinski definition) is 10. The van der Waals surface area contributed by atoms with Crippen LogP contribution in [0.2, 0.25) is 0 Å². The molecule has 0 N–H and O–H groups in total. The van der Waals surface area contributed by atoms with Crippen LogP contribution in [0.15, 0.2) is 29.0 Å². The van der Waals surface area contributed by atoms with Crippen LogP contribution in [0.5, 0.6) is 0 Å². The standard InChI is InChI=1S/C29H40O10/c1-26(2)30-12-16(34-26)20-18(22-24(32-20)38-28(5,6)36-22)14-9-10-15(11-14)19-21(17-13-31-27(3,4)35-17)33-25-23(19)37-29(7,8)39-25/h9-10,16-25H,12-13H2,1-8H3/t16-,17-,18+,19+,20-,21-,22-,23-,24-,25-/m1/s1. The van der Waals surface area contributed by atoms with E-state index in [0.717, 1.165) is 11.1 Å². The third-order valence-corrected chi connectivity index (χ3v) is 8.42. The van der Waals surface area contributed by atoms with Gasteiger partial charge >= 0.3 is 0 Å². The summed E-state index contributed by atoms with van der Waals surface area (Å²) >= 11 is 0. The van der Waals surface area contributed by atoms with Crippen molar-refractivity contribution >= 4 is 0 Å². The average Bonchev–Trinajstić information content (AvgIpc) is 3.62. The Balaban J connectivity index is 1.23. The summed E-state index contributed by atoms with van der Waals surface area (Å²) in [6.07, 6.45) is 1.43. The van der Waals surface area contributed by atoms with Gasteiger partial charge in [-0.1, -0.05) is 0 Å². The molecule has 39 heavy (non-hydrogen) atoms. The van der Waals surface area contributed by atoms with Crippen molar-refractivity contribution in [1.82, 2.24) is 0 Å². The zero-order valence-electron chi connectivity index (χ0n) is 23.9. The Hall–Kier alpha value is -1.14. The quantitative estimate of drug-likeness (QED) is 0.488. The average molecular weight is 549 g/mol. The van der Waals surface area contributed by atoms with Crippen molar-refractivity contribution in [3.8, 4) is 0 Å². The maximum atomic E-state index is 6.44. The summed E-state index contributed by atoms with van der Waals surface area (Å²) in [6.45, 7) is 16.2. The summed E-state index contributed by atoms with van der Waals surface area (Å²) in [7, 11) is 0. The highest BCUT2D eigenvalue weighted by molar-refractivity contribution is 5.42. The van der Waals surface area contributed by atoms with Crippen molar-refractivity contribution in [3.63, 3.8) is 0 Å². The van der Waals surface area contributed by atoms with Gasteiger partial charge in [-0.25, -0.2) is 0 Å². The first-order chi connectivity index (χ1) is 18.2. The van der Waals surface area contributed by atoms with Gasteiger partial charge in [-0.15, -0.1) is 5.73 Å². The Kier molecular flexibility index (Phi) is 5.96. The largest absolute Gasteiger partial charge is 0.348 e. The van der Waals surface area contributed by atoms with Gasteiger partial charge in [-0.05, 0) is 67.5 Å². The second-order valence-electron chi connectivity index (χ2n) is 13.3. The first-order valence-electron chi connectivity index (χ1n) is 14.0. The van der Waals surface area contributed by atoms with E-state index in [9.17, 15) is 0 Å². The third kappa shape index (κ3) is 4.68. The van der Waals surface area contributed by atoms with Crippen molar-refractivity contribution in [3.05, 3.63) is 29.0 Å². The molecule has 0 bridgehead atoms. The van der Waals surface area contributed by atoms with E-state index in [4.69, 9.17) is 47.4 Å². The Labute approximate surface area is 229 Å². The van der Waals surface area contributed by atoms with E-state index >= 15 is 0 Å². The van der Waals surface area contributed by atoms with Crippen LogP contribution < -0.4 is 0 Å². The Bertz CT molecular complexity index is 1040. The molecule has 0 aromatic heterocycles. The van der Waals surface area contributed by atoms with Crippen LogP contribution in [0.1, 0.15) is 55.4 Å². The minimum Gasteiger partial charge on any atom is -0.348 e. The molecule has 10 nitrogen and oxygen atoms in total. The highest BCUT2D eigenvalue weighted by Gasteiger charge is 2.61. The molecule has 6 heterocycles. The topological polar surface area (TPSA) is 92.3 Å². The van der Waals surface area contributed by atoms with Crippen LogP contribution in [-0.4, -0.2) is 85.6 Å². The summed E-state index contributed by atoms with van der Waals surface area (Å²) < 4.78 is 62.1. The molecule has 216 valence electrons. The van der Waals surface area contributed by atoms with Crippen LogP contribution in [-0.2, 0) is 47.4 Å². The van der Waals surface area contributed by atoms with Crippen LogP contribution in [0.4, 0.5) is 0 Å². The molecule has 0 spiro atoms. The summed E-state index contributed by atoms with van der Waals surface area (Å²) in [5.74, 6) is -3.16. The molecule has 0 amide bonds. The fourth-order valence-corrected chi connectivity index (χ4v) is 6.98. The molecule has 7 rings (SSSR count). The van der Waals surface area contributed by atoms with E-state index in [1.807, 2.05) is 55.4 Å². The van der Waals surface area contributed by atoms with E-state index in [-0.39, 0.29) is 48.5 Å². The summed E-state index contributed by atoms with van der Waals surface area (Å²) in [5, 5.41) is 0. The lowest BCUT2D eigenvalue weighted by Crippen LogP contribution is -2.40. The highest BCUT2D eigenvalue weighted by Crippen LogP contribution is 2.50. The third-order valence-electron chi connectivity index (χ3n) is 8.42. The van der Waals surface area contributed by atoms with E-state index in [2.05, 4.69) is 17.9 Å². The zero-order chi connectivity index (χ0) is 27.5. The van der Waals surface area contributed by atoms with Crippen molar-refractivity contribution in [2.24, 2.45) is 11.8 Å². The van der Waals surface area contributed by atoms with E-state index < -0.39 is 35.7 Å². The van der Waals surface area contributed by atoms with E-state index in [0.29, 0.717) is 13.2 Å². The highest BCUT2D eigenvalue weighted by atomic mass is 16.8. The van der Waals surface area contributed by atoms with Crippen LogP contribution >= 0.6 is 0 Å². The summed E-state index contributed by atoms with van der Waals surface area (Å²) in [6, 6.07) is 0. The summed E-state index contributed by atoms with van der Waals surface area (Å²) in [5.41, 5.74) is 5.65. The van der Waals surface area contributed by atoms with Crippen molar-refractivity contribution in [1.29, 1.82) is 0 Å². The number of allylic oxidation sites excluding steroid dienone is 2. The number of hydrogen-bond donors (Lipinski definition) is 0. The molecule has 0 saturated carbocycles. The maximum Gasteiger partial charge on any atom is 0.188 e. The number of ether oxygens (including phenoxy) is 10. The monoisotopic (exact) mass is 548 g/mol. The molecule has 0 radical (unpaired) electrons. The molecular weight excluding hydrogens is 508 g/mol. The second kappa shape index (κ2) is 8.69. The van der Waals surface area contributed by atoms with Gasteiger partial charge in [0.25, 0.3) is 0 Å². The molecule has 0 unspecified atom stereocenters. The molecule has 6 saturated heterocycles. The van der Waals surface area contributed by atoms with Gasteiger partial charge in [0.2, 0.25) is 0 Å². The Morgan fingerprint density at radius 2 is 0.949 bits per heavy atom. The Morgan fingerprint density at radius 1 is 0.538 bits per heavy atom. The normalized spacial score (nSPS) is 48.4. The predicted octanol–water partition coefficient (Wildman–Crippen LogP) is 3.30. The first-order valence-corrected chi connectivity index (χ1v) is 14.0. The molecule has 7 aliphatic rings. The van der Waals surface area contributed by atoms with Gasteiger partial charge in [0, 0.05) is 11.1 Å². The minimum absolute atomic E-state index is 0.160. The molecule has 10 heteroatoms. The lowest BCUT2D eigenvalue weighted by Gasteiger charge is -2.29. The molecule has 6 fully saturated rings. The van der Waals surface area contributed by atoms with E-state index in [1.165, 1.54) is 0 Å². The van der Waals surface area contributed by atoms with Crippen LogP contribution in [0.3, 0.4) is 0 Å². The lowest BCUT2D eigenvalue weighted by molar-refractivity contribution is -0.225. The predicted molar refractivity (Wildman–Crippen MR) is 134 cm³/mol. The van der Waals surface area contributed by atoms with Crippen LogP contribution in [0, 0.1) is 11.8 Å². The molecular formula is C29H40O10. The Morgan fingerprint density at radius 3 is 1.31 bits per heavy atom. The van der Waals surface area contributed by atoms with Gasteiger partial charge < -0.3 is 47.4 Å². The fourth-order valence-electron chi connectivity index (χ4n) is 6.98. The number of rotatable bonds is 4. The SMILES string of the molecule is CC1(C)O[C@H]2O[C@H]([C@H]3COC(C)(C)O3)[C@H](C3=C=C([C@@H]4[C@H]5OC(C)(C)O[C@H]5O[C@@H]4[C@H]4COC(C)(C)O4)C=C3)[C@H]2O1. The lowest BCUT2D eigenvalue weighted by atomic mass is 9.87. The molecule has 1 aliphatic carbocycles. The van der Waals surface area contributed by atoms with Crippen LogP contribution in [0.25, 0.3) is 0 Å². The second-order valence-corrected chi connectivity index (χ2v) is 13.3. The maximum absolute atomic E-state index is 6.44. The van der Waals surface area contributed by atoms with Crippen molar-refractivity contribution in [2.75, 3.05) is 13.2 Å². The van der Waals surface area contributed by atoms with Gasteiger partial charge in [0.15, 0.2) is 35.7 Å². The van der Waals surface area contributed by atoms with Crippen molar-refractivity contribution < 1.29 is 47.4 Å². The van der Waals surface area contributed by atoms with Gasteiger partial charge in [-0.3, -0.25) is 0 Å². The van der Waals surface area contributed by atoms with Gasteiger partial charge in [0.1, 0.15) is 24.4 Å². The van der Waals surface area contributed by atoms with Crippen molar-refractivity contribution in [2.45, 2.75) is 128 Å². The molecule has 10 atom stereocenters. The first kappa shape index (κ1) is 26.7. The fraction of sp³-hybridized carbons (Fsp3) is 0.828. The van der Waals surface area contributed by atoms with Gasteiger partial charge in [-0.2, -0.15) is 0 Å². The number of fused-ring (bicyclic) bond motifs is 2. The summed E-state index contributed by atoms with van der Waals surface area (Å²) in [4.78, 5) is 0. The molecule has 0 aromatic rings. The molecule has 0 aromatic carbocycles. The smallest absolute Gasteiger partial charge is 0.188 e. The molecule has 6 aliphatic heterocycles. The van der Waals surface area contributed by atoms with Gasteiger partial charge in [0.05, 0.1) is 37.3 Å². The minimum atomic E-state index is -0.745. The van der Waals surface area contributed by atoms with E-state index in [1.54, 1.807) is 0 Å².